The van der Waals surface area contributed by atoms with Crippen molar-refractivity contribution in [2.24, 2.45) is 16.5 Å². The van der Waals surface area contributed by atoms with E-state index in [9.17, 15) is 10.1 Å². The molecule has 0 spiro atoms. The van der Waals surface area contributed by atoms with Crippen LogP contribution in [-0.4, -0.2) is 22.9 Å². The summed E-state index contributed by atoms with van der Waals surface area (Å²) in [4.78, 5) is 18.0. The molecule has 0 saturated heterocycles. The number of nitrogens with zero attached hydrogens (tertiary/aromatic N) is 3. The van der Waals surface area contributed by atoms with Gasteiger partial charge < -0.3 is 26.5 Å². The molecule has 0 saturated carbocycles. The maximum Gasteiger partial charge on any atom is 0.274 e. The van der Waals surface area contributed by atoms with Crippen molar-refractivity contribution in [3.63, 3.8) is 0 Å². The van der Waals surface area contributed by atoms with Gasteiger partial charge in [0.2, 0.25) is 5.13 Å². The van der Waals surface area contributed by atoms with Gasteiger partial charge in [-0.1, -0.05) is 0 Å². The highest BCUT2D eigenvalue weighted by atomic mass is 32.1. The van der Waals surface area contributed by atoms with Gasteiger partial charge in [0.25, 0.3) is 6.20 Å². The van der Waals surface area contributed by atoms with Crippen LogP contribution in [0.5, 0.6) is 0 Å². The molecule has 2 rings (SSSR count). The summed E-state index contributed by atoms with van der Waals surface area (Å²) >= 11 is 1.28. The number of nitrogens with one attached hydrogen (secondary N) is 2. The smallest absolute Gasteiger partial charge is 0.274 e. The average Bonchev–Trinajstić information content (AvgIpc) is 3.11. The van der Waals surface area contributed by atoms with Crippen LogP contribution < -0.4 is 22.1 Å². The first-order valence-corrected chi connectivity index (χ1v) is 7.27. The first-order valence-electron chi connectivity index (χ1n) is 6.39. The molecular formula is C12H15N7O3S. The summed E-state index contributed by atoms with van der Waals surface area (Å²) in [5.41, 5.74) is 11.2. The number of aromatic nitrogens is 1. The third-order valence-electron chi connectivity index (χ3n) is 2.59. The van der Waals surface area contributed by atoms with E-state index >= 15 is 0 Å². The topological polar surface area (TPSA) is 158 Å². The third-order valence-corrected chi connectivity index (χ3v) is 3.32. The summed E-state index contributed by atoms with van der Waals surface area (Å²) in [5.74, 6) is 1.37. The normalized spacial score (nSPS) is 11.1. The number of rotatable bonds is 7. The SMILES string of the molecule is CNC(=C[N+](=O)[O-])NCc1ccc(-c2csc(N=C(N)N)n2)o1. The lowest BCUT2D eigenvalue weighted by molar-refractivity contribution is -0.404. The molecule has 0 fully saturated rings. The average molecular weight is 337 g/mol. The van der Waals surface area contributed by atoms with E-state index in [-0.39, 0.29) is 18.3 Å². The molecule has 2 aromatic heterocycles. The van der Waals surface area contributed by atoms with Crippen LogP contribution in [0.3, 0.4) is 0 Å². The molecule has 2 heterocycles. The van der Waals surface area contributed by atoms with Crippen LogP contribution in [-0.2, 0) is 6.54 Å². The first kappa shape index (κ1) is 16.3. The van der Waals surface area contributed by atoms with E-state index in [2.05, 4.69) is 20.6 Å². The molecule has 23 heavy (non-hydrogen) atoms. The molecule has 0 radical (unpaired) electrons. The van der Waals surface area contributed by atoms with E-state index in [1.165, 1.54) is 11.3 Å². The molecule has 6 N–H and O–H groups in total. The van der Waals surface area contributed by atoms with Crippen molar-refractivity contribution in [1.29, 1.82) is 0 Å². The van der Waals surface area contributed by atoms with Crippen LogP contribution >= 0.6 is 11.3 Å². The predicted molar refractivity (Wildman–Crippen MR) is 86.3 cm³/mol. The molecule has 0 amide bonds. The number of guanidine groups is 1. The minimum atomic E-state index is -0.549. The first-order chi connectivity index (χ1) is 11.0. The largest absolute Gasteiger partial charge is 0.458 e. The van der Waals surface area contributed by atoms with Crippen molar-refractivity contribution in [2.75, 3.05) is 7.05 Å². The zero-order chi connectivity index (χ0) is 16.8. The van der Waals surface area contributed by atoms with Gasteiger partial charge >= 0.3 is 0 Å². The Bertz CT molecular complexity index is 745. The second kappa shape index (κ2) is 7.26. The van der Waals surface area contributed by atoms with Crippen molar-refractivity contribution >= 4 is 22.4 Å². The van der Waals surface area contributed by atoms with Crippen LogP contribution in [0.4, 0.5) is 5.13 Å². The number of thiazole rings is 1. The van der Waals surface area contributed by atoms with Crippen LogP contribution in [0.15, 0.2) is 38.9 Å². The van der Waals surface area contributed by atoms with Gasteiger partial charge in [-0.15, -0.1) is 11.3 Å². The van der Waals surface area contributed by atoms with Crippen LogP contribution in [0.1, 0.15) is 5.76 Å². The Balaban J connectivity index is 2.04. The quantitative estimate of drug-likeness (QED) is 0.249. The maximum atomic E-state index is 10.4. The van der Waals surface area contributed by atoms with E-state index in [0.29, 0.717) is 22.3 Å². The minimum absolute atomic E-state index is 0.0626. The van der Waals surface area contributed by atoms with Gasteiger partial charge in [-0.25, -0.2) is 4.98 Å². The molecule has 2 aromatic rings. The lowest BCUT2D eigenvalue weighted by Crippen LogP contribution is -2.23. The number of furan rings is 1. The van der Waals surface area contributed by atoms with Crippen molar-refractivity contribution in [1.82, 2.24) is 15.6 Å². The molecular weight excluding hydrogens is 322 g/mol. The van der Waals surface area contributed by atoms with Gasteiger partial charge in [-0.2, -0.15) is 4.99 Å². The van der Waals surface area contributed by atoms with E-state index in [4.69, 9.17) is 15.9 Å². The number of hydrogen-bond acceptors (Lipinski definition) is 8. The maximum absolute atomic E-state index is 10.4. The van der Waals surface area contributed by atoms with Crippen LogP contribution in [0.25, 0.3) is 11.5 Å². The molecule has 0 aliphatic carbocycles. The Morgan fingerprint density at radius 3 is 3.00 bits per heavy atom. The fourth-order valence-electron chi connectivity index (χ4n) is 1.64. The monoisotopic (exact) mass is 337 g/mol. The summed E-state index contributed by atoms with van der Waals surface area (Å²) in [7, 11) is 1.58. The molecule has 0 aliphatic heterocycles. The second-order valence-electron chi connectivity index (χ2n) is 4.25. The Labute approximate surface area is 135 Å². The third kappa shape index (κ3) is 4.71. The molecule has 0 unspecified atom stereocenters. The summed E-state index contributed by atoms with van der Waals surface area (Å²) in [5, 5.41) is 18.2. The summed E-state index contributed by atoms with van der Waals surface area (Å²) in [6.45, 7) is 0.283. The van der Waals surface area contributed by atoms with Crippen molar-refractivity contribution in [3.05, 3.63) is 45.4 Å². The molecule has 0 aliphatic rings. The molecule has 10 nitrogen and oxygen atoms in total. The number of hydrogen-bond donors (Lipinski definition) is 4. The highest BCUT2D eigenvalue weighted by molar-refractivity contribution is 7.13. The van der Waals surface area contributed by atoms with Crippen LogP contribution in [0, 0.1) is 10.1 Å². The Hall–Kier alpha value is -3.08. The Kier molecular flexibility index (Phi) is 5.15. The lowest BCUT2D eigenvalue weighted by Gasteiger charge is -2.05. The minimum Gasteiger partial charge on any atom is -0.458 e. The van der Waals surface area contributed by atoms with Crippen molar-refractivity contribution < 1.29 is 9.34 Å². The highest BCUT2D eigenvalue weighted by Crippen LogP contribution is 2.27. The summed E-state index contributed by atoms with van der Waals surface area (Å²) < 4.78 is 5.63. The Morgan fingerprint density at radius 1 is 1.57 bits per heavy atom. The molecule has 0 bridgehead atoms. The van der Waals surface area contributed by atoms with E-state index < -0.39 is 4.92 Å². The zero-order valence-electron chi connectivity index (χ0n) is 12.1. The highest BCUT2D eigenvalue weighted by Gasteiger charge is 2.10. The molecule has 122 valence electrons. The van der Waals surface area contributed by atoms with Gasteiger partial charge in [0.15, 0.2) is 17.5 Å². The van der Waals surface area contributed by atoms with Gasteiger partial charge in [-0.3, -0.25) is 10.1 Å². The predicted octanol–water partition coefficient (Wildman–Crippen LogP) is 0.693. The van der Waals surface area contributed by atoms with Gasteiger partial charge in [0, 0.05) is 12.4 Å². The van der Waals surface area contributed by atoms with E-state index in [0.717, 1.165) is 6.20 Å². The van der Waals surface area contributed by atoms with Crippen molar-refractivity contribution in [3.8, 4) is 11.5 Å². The number of nitrogens with two attached hydrogens (primary N) is 2. The van der Waals surface area contributed by atoms with Gasteiger partial charge in [-0.05, 0) is 12.1 Å². The second-order valence-corrected chi connectivity index (χ2v) is 5.09. The molecule has 0 aromatic carbocycles. The fourth-order valence-corrected chi connectivity index (χ4v) is 2.33. The number of nitro groups is 1. The Morgan fingerprint density at radius 2 is 2.35 bits per heavy atom. The fraction of sp³-hybridized carbons (Fsp3) is 0.167. The summed E-state index contributed by atoms with van der Waals surface area (Å²) in [6.07, 6.45) is 0.839. The molecule has 0 atom stereocenters. The molecule has 11 heteroatoms. The van der Waals surface area contributed by atoms with Gasteiger partial charge in [0.05, 0.1) is 11.5 Å². The zero-order valence-corrected chi connectivity index (χ0v) is 13.0. The van der Waals surface area contributed by atoms with Crippen molar-refractivity contribution in [2.45, 2.75) is 6.54 Å². The lowest BCUT2D eigenvalue weighted by atomic mass is 10.3. The van der Waals surface area contributed by atoms with E-state index in [1.54, 1.807) is 24.6 Å². The standard InChI is InChI=1S/C12H15N7O3S/c1-15-10(5-19(20)21)16-4-7-2-3-9(22-7)8-6-23-12(17-8)18-11(13)14/h2-3,5-6,15-16H,4H2,1H3,(H4,13,14,17,18). The number of aliphatic imine (C=N–C) groups is 1. The van der Waals surface area contributed by atoms with Gasteiger partial charge in [0.1, 0.15) is 11.5 Å². The van der Waals surface area contributed by atoms with Crippen LogP contribution in [0.2, 0.25) is 0 Å². The summed E-state index contributed by atoms with van der Waals surface area (Å²) in [6, 6.07) is 3.50. The van der Waals surface area contributed by atoms with E-state index in [1.807, 2.05) is 0 Å².